The van der Waals surface area contributed by atoms with Gasteiger partial charge in [0.15, 0.2) is 0 Å². The van der Waals surface area contributed by atoms with E-state index in [0.29, 0.717) is 5.92 Å². The summed E-state index contributed by atoms with van der Waals surface area (Å²) in [5.74, 6) is 2.48. The molecule has 0 aliphatic heterocycles. The fourth-order valence-corrected chi connectivity index (χ4v) is 3.86. The van der Waals surface area contributed by atoms with Crippen molar-refractivity contribution in [3.05, 3.63) is 11.9 Å². The van der Waals surface area contributed by atoms with Gasteiger partial charge in [-0.25, -0.2) is 4.68 Å². The van der Waals surface area contributed by atoms with Crippen LogP contribution in [0, 0.1) is 17.8 Å². The molecular weight excluding hydrogens is 212 g/mol. The van der Waals surface area contributed by atoms with Crippen molar-refractivity contribution >= 4 is 0 Å². The molecule has 1 aromatic rings. The van der Waals surface area contributed by atoms with E-state index >= 15 is 0 Å². The average molecular weight is 234 g/mol. The lowest BCUT2D eigenvalue weighted by Gasteiger charge is -2.27. The minimum absolute atomic E-state index is 0.145. The number of aryl methyl sites for hydroxylation is 1. The summed E-state index contributed by atoms with van der Waals surface area (Å²) in [5, 5.41) is 8.18. The van der Waals surface area contributed by atoms with Gasteiger partial charge in [0, 0.05) is 6.54 Å². The van der Waals surface area contributed by atoms with Gasteiger partial charge in [-0.2, -0.15) is 0 Å². The molecule has 4 unspecified atom stereocenters. The maximum atomic E-state index is 6.46. The van der Waals surface area contributed by atoms with Gasteiger partial charge in [-0.1, -0.05) is 18.6 Å². The van der Waals surface area contributed by atoms with Crippen LogP contribution in [-0.2, 0) is 6.54 Å². The maximum Gasteiger partial charge on any atom is 0.0757 e. The molecule has 2 N–H and O–H groups in total. The fourth-order valence-electron chi connectivity index (χ4n) is 3.86. The summed E-state index contributed by atoms with van der Waals surface area (Å²) < 4.78 is 2.00. The molecule has 3 rings (SSSR count). The number of hydrogen-bond donors (Lipinski definition) is 1. The van der Waals surface area contributed by atoms with Crippen molar-refractivity contribution in [1.82, 2.24) is 15.0 Å². The van der Waals surface area contributed by atoms with E-state index in [1.165, 1.54) is 25.7 Å². The van der Waals surface area contributed by atoms with Crippen molar-refractivity contribution in [2.24, 2.45) is 23.5 Å². The Hall–Kier alpha value is -0.900. The number of rotatable bonds is 4. The van der Waals surface area contributed by atoms with Crippen LogP contribution in [0.25, 0.3) is 0 Å². The SMILES string of the molecule is CCCn1nncc1C(N)C1CC2CCC1C2. The smallest absolute Gasteiger partial charge is 0.0757 e. The van der Waals surface area contributed by atoms with Gasteiger partial charge in [-0.15, -0.1) is 5.10 Å². The van der Waals surface area contributed by atoms with E-state index in [0.717, 1.165) is 30.5 Å². The van der Waals surface area contributed by atoms with Gasteiger partial charge < -0.3 is 5.73 Å². The second kappa shape index (κ2) is 4.41. The summed E-state index contributed by atoms with van der Waals surface area (Å²) in [6.07, 6.45) is 8.50. The zero-order valence-electron chi connectivity index (χ0n) is 10.5. The molecule has 0 saturated heterocycles. The highest BCUT2D eigenvalue weighted by Crippen LogP contribution is 2.51. The van der Waals surface area contributed by atoms with Crippen LogP contribution in [0.1, 0.15) is 50.8 Å². The first kappa shape index (κ1) is 11.2. The summed E-state index contributed by atoms with van der Waals surface area (Å²) in [6.45, 7) is 3.10. The van der Waals surface area contributed by atoms with Crippen LogP contribution in [0.15, 0.2) is 6.20 Å². The highest BCUT2D eigenvalue weighted by Gasteiger charge is 2.43. The second-order valence-corrected chi connectivity index (χ2v) is 5.75. The van der Waals surface area contributed by atoms with E-state index < -0.39 is 0 Å². The molecule has 1 aromatic heterocycles. The van der Waals surface area contributed by atoms with E-state index in [1.54, 1.807) is 0 Å². The van der Waals surface area contributed by atoms with Crippen LogP contribution in [0.5, 0.6) is 0 Å². The van der Waals surface area contributed by atoms with Crippen molar-refractivity contribution < 1.29 is 0 Å². The van der Waals surface area contributed by atoms with Gasteiger partial charge in [0.2, 0.25) is 0 Å². The molecule has 0 radical (unpaired) electrons. The first-order chi connectivity index (χ1) is 8.29. The number of fused-ring (bicyclic) bond motifs is 2. The van der Waals surface area contributed by atoms with Crippen LogP contribution >= 0.6 is 0 Å². The predicted octanol–water partition coefficient (Wildman–Crippen LogP) is 2.12. The highest BCUT2D eigenvalue weighted by atomic mass is 15.4. The molecule has 4 heteroatoms. The Morgan fingerprint density at radius 2 is 2.35 bits per heavy atom. The lowest BCUT2D eigenvalue weighted by Crippen LogP contribution is -2.28. The lowest BCUT2D eigenvalue weighted by atomic mass is 9.82. The molecule has 94 valence electrons. The third kappa shape index (κ3) is 1.88. The quantitative estimate of drug-likeness (QED) is 0.868. The first-order valence-corrected chi connectivity index (χ1v) is 6.93. The van der Waals surface area contributed by atoms with E-state index in [1.807, 2.05) is 10.9 Å². The number of nitrogens with two attached hydrogens (primary N) is 1. The number of nitrogens with zero attached hydrogens (tertiary/aromatic N) is 3. The Bertz CT molecular complexity index is 387. The summed E-state index contributed by atoms with van der Waals surface area (Å²) in [6, 6.07) is 0.145. The Kier molecular flexibility index (Phi) is 2.90. The topological polar surface area (TPSA) is 56.7 Å². The molecule has 2 saturated carbocycles. The van der Waals surface area contributed by atoms with Crippen molar-refractivity contribution in [2.45, 2.75) is 51.6 Å². The minimum Gasteiger partial charge on any atom is -0.322 e. The molecule has 2 aliphatic rings. The van der Waals surface area contributed by atoms with E-state index in [9.17, 15) is 0 Å². The highest BCUT2D eigenvalue weighted by molar-refractivity contribution is 5.07. The van der Waals surface area contributed by atoms with Crippen molar-refractivity contribution in [2.75, 3.05) is 0 Å². The predicted molar refractivity (Wildman–Crippen MR) is 66.2 cm³/mol. The van der Waals surface area contributed by atoms with Gasteiger partial charge in [0.05, 0.1) is 17.9 Å². The summed E-state index contributed by atoms with van der Waals surface area (Å²) in [5.41, 5.74) is 7.60. The molecule has 4 nitrogen and oxygen atoms in total. The van der Waals surface area contributed by atoms with Crippen LogP contribution in [0.2, 0.25) is 0 Å². The molecular formula is C13H22N4. The zero-order chi connectivity index (χ0) is 11.8. The third-order valence-corrected chi connectivity index (χ3v) is 4.68. The third-order valence-electron chi connectivity index (χ3n) is 4.68. The Morgan fingerprint density at radius 3 is 3.00 bits per heavy atom. The van der Waals surface area contributed by atoms with E-state index in [4.69, 9.17) is 5.73 Å². The van der Waals surface area contributed by atoms with Crippen molar-refractivity contribution in [3.8, 4) is 0 Å². The Labute approximate surface area is 103 Å². The van der Waals surface area contributed by atoms with Crippen LogP contribution in [-0.4, -0.2) is 15.0 Å². The molecule has 0 spiro atoms. The summed E-state index contributed by atoms with van der Waals surface area (Å²) in [4.78, 5) is 0. The van der Waals surface area contributed by atoms with Crippen LogP contribution in [0.4, 0.5) is 0 Å². The number of aromatic nitrogens is 3. The first-order valence-electron chi connectivity index (χ1n) is 6.93. The Morgan fingerprint density at radius 1 is 1.47 bits per heavy atom. The largest absolute Gasteiger partial charge is 0.322 e. The molecule has 1 heterocycles. The minimum atomic E-state index is 0.145. The van der Waals surface area contributed by atoms with Crippen LogP contribution in [0.3, 0.4) is 0 Å². The fraction of sp³-hybridized carbons (Fsp3) is 0.846. The standard InChI is InChI=1S/C13H22N4/c1-2-5-17-12(8-15-16-17)13(14)11-7-9-3-4-10(11)6-9/h8-11,13H,2-7,14H2,1H3. The Balaban J connectivity index is 1.77. The molecule has 0 aromatic carbocycles. The van der Waals surface area contributed by atoms with Gasteiger partial charge in [-0.05, 0) is 43.4 Å². The van der Waals surface area contributed by atoms with Crippen molar-refractivity contribution in [1.29, 1.82) is 0 Å². The monoisotopic (exact) mass is 234 g/mol. The molecule has 2 bridgehead atoms. The van der Waals surface area contributed by atoms with Gasteiger partial charge in [0.1, 0.15) is 0 Å². The average Bonchev–Trinajstić information content (AvgIpc) is 3.03. The van der Waals surface area contributed by atoms with E-state index in [-0.39, 0.29) is 6.04 Å². The lowest BCUT2D eigenvalue weighted by molar-refractivity contribution is 0.275. The van der Waals surface area contributed by atoms with Crippen molar-refractivity contribution in [3.63, 3.8) is 0 Å². The normalized spacial score (nSPS) is 33.2. The van der Waals surface area contributed by atoms with E-state index in [2.05, 4.69) is 17.2 Å². The molecule has 0 amide bonds. The van der Waals surface area contributed by atoms with Gasteiger partial charge in [-0.3, -0.25) is 0 Å². The second-order valence-electron chi connectivity index (χ2n) is 5.75. The van der Waals surface area contributed by atoms with Gasteiger partial charge in [0.25, 0.3) is 0 Å². The van der Waals surface area contributed by atoms with Gasteiger partial charge >= 0.3 is 0 Å². The zero-order valence-corrected chi connectivity index (χ0v) is 10.5. The van der Waals surface area contributed by atoms with Crippen LogP contribution < -0.4 is 5.73 Å². The molecule has 2 aliphatic carbocycles. The molecule has 4 atom stereocenters. The number of hydrogen-bond acceptors (Lipinski definition) is 3. The summed E-state index contributed by atoms with van der Waals surface area (Å²) >= 11 is 0. The molecule has 2 fully saturated rings. The maximum absolute atomic E-state index is 6.46. The summed E-state index contributed by atoms with van der Waals surface area (Å²) in [7, 11) is 0. The molecule has 17 heavy (non-hydrogen) atoms.